The van der Waals surface area contributed by atoms with Crippen LogP contribution in [0.3, 0.4) is 0 Å². The van der Waals surface area contributed by atoms with Crippen molar-refractivity contribution in [3.63, 3.8) is 0 Å². The molecule has 0 saturated carbocycles. The monoisotopic (exact) mass is 105 g/mol. The summed E-state index contributed by atoms with van der Waals surface area (Å²) < 4.78 is 10.1. The predicted molar refractivity (Wildman–Crippen MR) is 21.0 cm³/mol. The van der Waals surface area contributed by atoms with E-state index in [2.05, 4.69) is 15.2 Å². The molecule has 1 aliphatic heterocycles. The van der Waals surface area contributed by atoms with Gasteiger partial charge in [-0.3, -0.25) is 0 Å². The Labute approximate surface area is 37.9 Å². The summed E-state index contributed by atoms with van der Waals surface area (Å²) in [4.78, 5) is 2.25. The van der Waals surface area contributed by atoms with E-state index in [4.69, 9.17) is 0 Å². The zero-order valence-electron chi connectivity index (χ0n) is 2.92. The maximum Gasteiger partial charge on any atom is 0.243 e. The van der Waals surface area contributed by atoms with Crippen molar-refractivity contribution in [3.05, 3.63) is 0 Å². The van der Waals surface area contributed by atoms with Gasteiger partial charge in [-0.1, -0.05) is 0 Å². The Morgan fingerprint density at radius 2 is 2.67 bits per heavy atom. The molecule has 0 fully saturated rings. The van der Waals surface area contributed by atoms with Gasteiger partial charge < -0.3 is 4.55 Å². The molecule has 1 atom stereocenters. The van der Waals surface area contributed by atoms with E-state index in [1.165, 1.54) is 0 Å². The Bertz CT molecular complexity index is 65.2. The van der Waals surface area contributed by atoms with E-state index in [0.29, 0.717) is 5.88 Å². The van der Waals surface area contributed by atoms with Crippen LogP contribution in [0.2, 0.25) is 0 Å². The number of nitrogens with one attached hydrogen (secondary N) is 1. The second-order valence-corrected chi connectivity index (χ2v) is 1.94. The van der Waals surface area contributed by atoms with Crippen molar-refractivity contribution in [2.45, 2.75) is 0 Å². The summed E-state index contributed by atoms with van der Waals surface area (Å²) in [7, 11) is 0. The SMILES string of the molecule is [O-][S+]1CN=NN1. The maximum atomic E-state index is 10.1. The molecule has 1 N–H and O–H groups in total. The van der Waals surface area contributed by atoms with Crippen LogP contribution in [0.15, 0.2) is 10.3 Å². The van der Waals surface area contributed by atoms with Gasteiger partial charge in [-0.2, -0.15) is 0 Å². The van der Waals surface area contributed by atoms with Crippen molar-refractivity contribution in [2.24, 2.45) is 10.3 Å². The third-order valence-electron chi connectivity index (χ3n) is 0.388. The van der Waals surface area contributed by atoms with Crippen molar-refractivity contribution in [3.8, 4) is 0 Å². The molecule has 4 nitrogen and oxygen atoms in total. The lowest BCUT2D eigenvalue weighted by Crippen LogP contribution is -2.13. The highest BCUT2D eigenvalue weighted by Crippen LogP contribution is 1.92. The Morgan fingerprint density at radius 3 is 2.83 bits per heavy atom. The molecule has 1 rings (SSSR count). The largest absolute Gasteiger partial charge is 0.590 e. The minimum absolute atomic E-state index is 0.306. The lowest BCUT2D eigenvalue weighted by molar-refractivity contribution is 0.591. The quantitative estimate of drug-likeness (QED) is 0.425. The Morgan fingerprint density at radius 1 is 1.83 bits per heavy atom. The highest BCUT2D eigenvalue weighted by Gasteiger charge is 2.06. The van der Waals surface area contributed by atoms with Gasteiger partial charge in [-0.15, -0.1) is 9.95 Å². The smallest absolute Gasteiger partial charge is 0.243 e. The molecule has 1 unspecified atom stereocenters. The minimum Gasteiger partial charge on any atom is -0.590 e. The average Bonchev–Trinajstić information content (AvgIpc) is 1.86. The first-order valence-corrected chi connectivity index (χ1v) is 2.72. The molecule has 0 bridgehead atoms. The standard InChI is InChI=1S/CH3N3OS/c5-6-1-2-3-4-6/h1H2,(H,2,4). The van der Waals surface area contributed by atoms with Gasteiger partial charge in [0.1, 0.15) is 11.4 Å². The molecule has 0 amide bonds. The first-order chi connectivity index (χ1) is 2.89. The molecule has 1 aliphatic rings. The molecule has 0 aromatic heterocycles. The predicted octanol–water partition coefficient (Wildman–Crippen LogP) is -0.422. The summed E-state index contributed by atoms with van der Waals surface area (Å²) in [6.45, 7) is 0. The van der Waals surface area contributed by atoms with Crippen molar-refractivity contribution in [1.29, 1.82) is 0 Å². The lowest BCUT2D eigenvalue weighted by atomic mass is 11.5. The maximum absolute atomic E-state index is 10.1. The van der Waals surface area contributed by atoms with E-state index in [0.717, 1.165) is 0 Å². The van der Waals surface area contributed by atoms with E-state index in [9.17, 15) is 4.55 Å². The van der Waals surface area contributed by atoms with Crippen molar-refractivity contribution >= 4 is 11.4 Å². The Kier molecular flexibility index (Phi) is 0.932. The van der Waals surface area contributed by atoms with Crippen LogP contribution in [0.25, 0.3) is 0 Å². The third-order valence-corrected chi connectivity index (χ3v) is 1.02. The summed E-state index contributed by atoms with van der Waals surface area (Å²) in [5.41, 5.74) is 0. The number of hydrogen-bond donors (Lipinski definition) is 1. The fourth-order valence-corrected chi connectivity index (χ4v) is 0.554. The second kappa shape index (κ2) is 1.44. The number of rotatable bonds is 0. The molecule has 0 aromatic rings. The highest BCUT2D eigenvalue weighted by molar-refractivity contribution is 7.89. The molecule has 5 heteroatoms. The molecule has 0 spiro atoms. The summed E-state index contributed by atoms with van der Waals surface area (Å²) >= 11 is -1.01. The minimum atomic E-state index is -1.01. The number of hydrogen-bond acceptors (Lipinski definition) is 4. The molecule has 6 heavy (non-hydrogen) atoms. The zero-order chi connectivity index (χ0) is 4.41. The van der Waals surface area contributed by atoms with Crippen molar-refractivity contribution < 1.29 is 4.55 Å². The number of nitrogens with zero attached hydrogens (tertiary/aromatic N) is 2. The van der Waals surface area contributed by atoms with Gasteiger partial charge in [-0.25, -0.2) is 0 Å². The Balaban J connectivity index is 2.32. The third kappa shape index (κ3) is 0.605. The van der Waals surface area contributed by atoms with E-state index >= 15 is 0 Å². The topological polar surface area (TPSA) is 59.8 Å². The molecule has 0 aliphatic carbocycles. The Hall–Kier alpha value is -0.290. The fourth-order valence-electron chi connectivity index (χ4n) is 0.185. The highest BCUT2D eigenvalue weighted by atomic mass is 32.2. The average molecular weight is 105 g/mol. The van der Waals surface area contributed by atoms with Crippen LogP contribution in [0, 0.1) is 0 Å². The van der Waals surface area contributed by atoms with Gasteiger partial charge in [0.15, 0.2) is 0 Å². The van der Waals surface area contributed by atoms with Crippen LogP contribution in [0.4, 0.5) is 0 Å². The first-order valence-electron chi connectivity index (χ1n) is 1.40. The summed E-state index contributed by atoms with van der Waals surface area (Å²) in [5.74, 6) is 0.306. The van der Waals surface area contributed by atoms with Crippen LogP contribution in [-0.2, 0) is 11.4 Å². The van der Waals surface area contributed by atoms with Crippen LogP contribution in [0.1, 0.15) is 0 Å². The van der Waals surface area contributed by atoms with E-state index in [-0.39, 0.29) is 0 Å². The first kappa shape index (κ1) is 3.89. The molecule has 0 radical (unpaired) electrons. The van der Waals surface area contributed by atoms with Gasteiger partial charge in [0, 0.05) is 0 Å². The van der Waals surface area contributed by atoms with E-state index in [1.807, 2.05) is 0 Å². The molecule has 0 aromatic carbocycles. The summed E-state index contributed by atoms with van der Waals surface area (Å²) in [5, 5.41) is 6.62. The van der Waals surface area contributed by atoms with Crippen LogP contribution in [0.5, 0.6) is 0 Å². The zero-order valence-corrected chi connectivity index (χ0v) is 3.73. The molecule has 0 saturated heterocycles. The van der Waals surface area contributed by atoms with Crippen molar-refractivity contribution in [1.82, 2.24) is 4.83 Å². The van der Waals surface area contributed by atoms with Crippen LogP contribution in [-0.4, -0.2) is 10.4 Å². The normalized spacial score (nSPS) is 30.5. The van der Waals surface area contributed by atoms with Gasteiger partial charge in [0.25, 0.3) is 0 Å². The van der Waals surface area contributed by atoms with E-state index in [1.54, 1.807) is 0 Å². The van der Waals surface area contributed by atoms with E-state index < -0.39 is 11.4 Å². The van der Waals surface area contributed by atoms with Gasteiger partial charge in [-0.05, 0) is 5.22 Å². The van der Waals surface area contributed by atoms with Gasteiger partial charge in [0.2, 0.25) is 5.88 Å². The van der Waals surface area contributed by atoms with Gasteiger partial charge in [0.05, 0.1) is 0 Å². The van der Waals surface area contributed by atoms with Crippen LogP contribution >= 0.6 is 0 Å². The summed E-state index contributed by atoms with van der Waals surface area (Å²) in [6.07, 6.45) is 0. The molecule has 1 heterocycles. The van der Waals surface area contributed by atoms with Gasteiger partial charge >= 0.3 is 0 Å². The molecule has 34 valence electrons. The second-order valence-electron chi connectivity index (χ2n) is 0.807. The molecular formula is CH3N3OS. The van der Waals surface area contributed by atoms with Crippen molar-refractivity contribution in [2.75, 3.05) is 5.88 Å². The molecular weight excluding hydrogens is 102 g/mol. The van der Waals surface area contributed by atoms with Crippen LogP contribution < -0.4 is 4.83 Å². The lowest BCUT2D eigenvalue weighted by Gasteiger charge is -1.92. The summed E-state index contributed by atoms with van der Waals surface area (Å²) in [6, 6.07) is 0. The fraction of sp³-hybridized carbons (Fsp3) is 1.00.